The fourth-order valence-corrected chi connectivity index (χ4v) is 3.71. The van der Waals surface area contributed by atoms with Crippen LogP contribution in [0.4, 0.5) is 0 Å². The van der Waals surface area contributed by atoms with E-state index in [1.54, 1.807) is 18.2 Å². The Hall–Kier alpha value is -1.16. The number of rotatable bonds is 6. The second kappa shape index (κ2) is 8.62. The zero-order valence-corrected chi connectivity index (χ0v) is 15.4. The van der Waals surface area contributed by atoms with Crippen LogP contribution in [0.5, 0.6) is 0 Å². The third kappa shape index (κ3) is 5.17. The molecule has 0 aliphatic carbocycles. The van der Waals surface area contributed by atoms with E-state index in [0.717, 1.165) is 16.9 Å². The van der Waals surface area contributed by atoms with Crippen molar-refractivity contribution < 1.29 is 4.79 Å². The van der Waals surface area contributed by atoms with Crippen LogP contribution in [0.15, 0.2) is 47.4 Å². The fraction of sp³-hybridized carbons (Fsp3) is 0.278. The maximum atomic E-state index is 12.2. The molecule has 2 nitrogen and oxygen atoms in total. The van der Waals surface area contributed by atoms with Crippen LogP contribution in [0, 0.1) is 6.92 Å². The first-order chi connectivity index (χ1) is 11.0. The molecule has 2 aromatic rings. The van der Waals surface area contributed by atoms with Crippen LogP contribution in [-0.2, 0) is 4.79 Å². The molecule has 0 spiro atoms. The predicted molar refractivity (Wildman–Crippen MR) is 99.5 cm³/mol. The van der Waals surface area contributed by atoms with E-state index in [0.29, 0.717) is 10.0 Å². The molecule has 0 fully saturated rings. The monoisotopic (exact) mass is 367 g/mol. The summed E-state index contributed by atoms with van der Waals surface area (Å²) in [5.74, 6) is 0.254. The normalized spacial score (nSPS) is 12.0. The van der Waals surface area contributed by atoms with Crippen molar-refractivity contribution in [2.45, 2.75) is 31.2 Å². The molecule has 0 saturated heterocycles. The lowest BCUT2D eigenvalue weighted by Crippen LogP contribution is -2.29. The van der Waals surface area contributed by atoms with Gasteiger partial charge in [0.2, 0.25) is 5.91 Å². The molecule has 23 heavy (non-hydrogen) atoms. The lowest BCUT2D eigenvalue weighted by atomic mass is 10.0. The molecular formula is C18H19Cl2NOS. The van der Waals surface area contributed by atoms with Gasteiger partial charge >= 0.3 is 0 Å². The zero-order valence-electron chi connectivity index (χ0n) is 13.1. The Morgan fingerprint density at radius 1 is 1.13 bits per heavy atom. The number of nitrogens with one attached hydrogen (secondary N) is 1. The van der Waals surface area contributed by atoms with Gasteiger partial charge in [-0.3, -0.25) is 4.79 Å². The van der Waals surface area contributed by atoms with Crippen LogP contribution in [0.3, 0.4) is 0 Å². The second-order valence-electron chi connectivity index (χ2n) is 5.28. The number of halogens is 2. The van der Waals surface area contributed by atoms with Crippen LogP contribution in [0.2, 0.25) is 10.0 Å². The van der Waals surface area contributed by atoms with E-state index < -0.39 is 0 Å². The van der Waals surface area contributed by atoms with Gasteiger partial charge in [-0.1, -0.05) is 66.0 Å². The first-order valence-electron chi connectivity index (χ1n) is 7.44. The minimum absolute atomic E-state index is 0.0189. The number of carbonyl (C=O) groups is 1. The summed E-state index contributed by atoms with van der Waals surface area (Å²) in [6, 6.07) is 13.6. The number of hydrogen-bond acceptors (Lipinski definition) is 2. The van der Waals surface area contributed by atoms with Gasteiger partial charge in [0.1, 0.15) is 0 Å². The first-order valence-corrected chi connectivity index (χ1v) is 9.18. The summed E-state index contributed by atoms with van der Waals surface area (Å²) >= 11 is 13.6. The molecule has 0 aromatic heterocycles. The molecule has 0 aliphatic heterocycles. The molecule has 0 radical (unpaired) electrons. The topological polar surface area (TPSA) is 29.1 Å². The maximum Gasteiger partial charge on any atom is 0.230 e. The summed E-state index contributed by atoms with van der Waals surface area (Å²) in [4.78, 5) is 13.0. The summed E-state index contributed by atoms with van der Waals surface area (Å²) < 4.78 is 0. The van der Waals surface area contributed by atoms with Gasteiger partial charge in [0.05, 0.1) is 21.8 Å². The lowest BCUT2D eigenvalue weighted by molar-refractivity contribution is -0.119. The standard InChI is InChI=1S/C18H19Cl2NOS/c1-3-16(13-9-7-12(2)8-10-13)21-17(22)11-23-18-14(19)5-4-6-15(18)20/h4-10,16H,3,11H2,1-2H3,(H,21,22)/t16-/m1/s1. The highest BCUT2D eigenvalue weighted by atomic mass is 35.5. The van der Waals surface area contributed by atoms with E-state index in [4.69, 9.17) is 23.2 Å². The summed E-state index contributed by atoms with van der Waals surface area (Å²) in [6.07, 6.45) is 0.840. The van der Waals surface area contributed by atoms with Gasteiger partial charge < -0.3 is 5.32 Å². The summed E-state index contributed by atoms with van der Waals surface area (Å²) in [6.45, 7) is 4.11. The number of hydrogen-bond donors (Lipinski definition) is 1. The Morgan fingerprint density at radius 2 is 1.74 bits per heavy atom. The van der Waals surface area contributed by atoms with Gasteiger partial charge in [-0.25, -0.2) is 0 Å². The Morgan fingerprint density at radius 3 is 2.30 bits per heavy atom. The summed E-state index contributed by atoms with van der Waals surface area (Å²) in [7, 11) is 0. The van der Waals surface area contributed by atoms with Crippen molar-refractivity contribution in [2.24, 2.45) is 0 Å². The highest BCUT2D eigenvalue weighted by Crippen LogP contribution is 2.33. The molecule has 0 aliphatic rings. The van der Waals surface area contributed by atoms with Crippen LogP contribution >= 0.6 is 35.0 Å². The Balaban J connectivity index is 1.96. The Kier molecular flexibility index (Phi) is 6.82. The van der Waals surface area contributed by atoms with Crippen molar-refractivity contribution in [1.82, 2.24) is 5.32 Å². The molecule has 0 unspecified atom stereocenters. The first kappa shape index (κ1) is 18.2. The van der Waals surface area contributed by atoms with Crippen LogP contribution < -0.4 is 5.32 Å². The minimum Gasteiger partial charge on any atom is -0.349 e. The maximum absolute atomic E-state index is 12.2. The molecular weight excluding hydrogens is 349 g/mol. The molecule has 1 amide bonds. The quantitative estimate of drug-likeness (QED) is 0.667. The Labute approximate surface area is 151 Å². The predicted octanol–water partition coefficient (Wildman–Crippen LogP) is 5.66. The third-order valence-corrected chi connectivity index (χ3v) is 5.48. The number of amides is 1. The number of carbonyl (C=O) groups excluding carboxylic acids is 1. The van der Waals surface area contributed by atoms with Crippen LogP contribution in [-0.4, -0.2) is 11.7 Å². The fourth-order valence-electron chi connectivity index (χ4n) is 2.21. The highest BCUT2D eigenvalue weighted by Gasteiger charge is 2.14. The SMILES string of the molecule is CC[C@@H](NC(=O)CSc1c(Cl)cccc1Cl)c1ccc(C)cc1. The van der Waals surface area contributed by atoms with Crippen molar-refractivity contribution in [3.8, 4) is 0 Å². The van der Waals surface area contributed by atoms with E-state index in [1.807, 2.05) is 6.92 Å². The van der Waals surface area contributed by atoms with Gasteiger partial charge in [0.15, 0.2) is 0 Å². The average Bonchev–Trinajstić information content (AvgIpc) is 2.53. The molecule has 1 N–H and O–H groups in total. The summed E-state index contributed by atoms with van der Waals surface area (Å²) in [5, 5.41) is 4.21. The van der Waals surface area contributed by atoms with E-state index in [2.05, 4.69) is 36.5 Å². The minimum atomic E-state index is -0.0292. The van der Waals surface area contributed by atoms with Crippen molar-refractivity contribution >= 4 is 40.9 Å². The van der Waals surface area contributed by atoms with Crippen LogP contribution in [0.25, 0.3) is 0 Å². The molecule has 2 aromatic carbocycles. The molecule has 2 rings (SSSR count). The average molecular weight is 368 g/mol. The van der Waals surface area contributed by atoms with Crippen LogP contribution in [0.1, 0.15) is 30.5 Å². The van der Waals surface area contributed by atoms with E-state index in [1.165, 1.54) is 17.3 Å². The smallest absolute Gasteiger partial charge is 0.230 e. The van der Waals surface area contributed by atoms with E-state index >= 15 is 0 Å². The van der Waals surface area contributed by atoms with Gasteiger partial charge in [0.25, 0.3) is 0 Å². The number of aryl methyl sites for hydroxylation is 1. The zero-order chi connectivity index (χ0) is 16.8. The molecule has 0 heterocycles. The number of thioether (sulfide) groups is 1. The highest BCUT2D eigenvalue weighted by molar-refractivity contribution is 8.00. The van der Waals surface area contributed by atoms with E-state index in [9.17, 15) is 4.79 Å². The summed E-state index contributed by atoms with van der Waals surface area (Å²) in [5.41, 5.74) is 2.33. The Bertz CT molecular complexity index is 653. The molecule has 0 bridgehead atoms. The molecule has 122 valence electrons. The van der Waals surface area contributed by atoms with Gasteiger partial charge in [0, 0.05) is 4.90 Å². The van der Waals surface area contributed by atoms with Crippen molar-refractivity contribution in [3.63, 3.8) is 0 Å². The molecule has 1 atom stereocenters. The lowest BCUT2D eigenvalue weighted by Gasteiger charge is -2.18. The van der Waals surface area contributed by atoms with Gasteiger partial charge in [-0.15, -0.1) is 11.8 Å². The van der Waals surface area contributed by atoms with Gasteiger partial charge in [-0.2, -0.15) is 0 Å². The third-order valence-electron chi connectivity index (χ3n) is 3.49. The van der Waals surface area contributed by atoms with Crippen molar-refractivity contribution in [3.05, 3.63) is 63.6 Å². The molecule has 0 saturated carbocycles. The largest absolute Gasteiger partial charge is 0.349 e. The van der Waals surface area contributed by atoms with Crippen molar-refractivity contribution in [2.75, 3.05) is 5.75 Å². The second-order valence-corrected chi connectivity index (χ2v) is 7.08. The van der Waals surface area contributed by atoms with E-state index in [-0.39, 0.29) is 17.7 Å². The van der Waals surface area contributed by atoms with Gasteiger partial charge in [-0.05, 0) is 31.0 Å². The molecule has 5 heteroatoms. The van der Waals surface area contributed by atoms with Crippen molar-refractivity contribution in [1.29, 1.82) is 0 Å². The number of benzene rings is 2.